The molecule has 1 amide bonds. The van der Waals surface area contributed by atoms with Crippen LogP contribution in [0.1, 0.15) is 16.1 Å². The normalized spacial score (nSPS) is 11.7. The van der Waals surface area contributed by atoms with E-state index in [0.29, 0.717) is 22.8 Å². The molecule has 0 unspecified atom stereocenters. The predicted molar refractivity (Wildman–Crippen MR) is 92.2 cm³/mol. The molecular weight excluding hydrogens is 353 g/mol. The van der Waals surface area contributed by atoms with E-state index in [-0.39, 0.29) is 12.4 Å². The summed E-state index contributed by atoms with van der Waals surface area (Å²) in [5.41, 5.74) is 1.26. The second-order valence-electron chi connectivity index (χ2n) is 5.36. The summed E-state index contributed by atoms with van der Waals surface area (Å²) in [7, 11) is -2.10. The summed E-state index contributed by atoms with van der Waals surface area (Å²) < 4.78 is 37.3. The minimum atomic E-state index is -3.42. The van der Waals surface area contributed by atoms with Crippen molar-refractivity contribution in [3.8, 4) is 0 Å². The first-order chi connectivity index (χ1) is 11.2. The van der Waals surface area contributed by atoms with Crippen molar-refractivity contribution >= 4 is 32.4 Å². The Hall–Kier alpha value is -1.84. The van der Waals surface area contributed by atoms with E-state index in [9.17, 15) is 17.6 Å². The Kier molecular flexibility index (Phi) is 5.68. The Morgan fingerprint density at radius 1 is 1.38 bits per heavy atom. The molecule has 0 bridgehead atoms. The molecule has 0 atom stereocenters. The SMILES string of the molecule is Cc1nc(NC(=O)CN(C)S(C)(=O)=O)sc1Cc1ccccc1F. The number of thiazole rings is 1. The van der Waals surface area contributed by atoms with E-state index >= 15 is 0 Å². The summed E-state index contributed by atoms with van der Waals surface area (Å²) in [6, 6.07) is 6.49. The fourth-order valence-corrected chi connectivity index (χ4v) is 3.29. The lowest BCUT2D eigenvalue weighted by atomic mass is 10.1. The number of carbonyl (C=O) groups excluding carboxylic acids is 1. The molecule has 1 heterocycles. The molecule has 0 aliphatic rings. The van der Waals surface area contributed by atoms with Crippen LogP contribution < -0.4 is 5.32 Å². The molecule has 1 aromatic heterocycles. The lowest BCUT2D eigenvalue weighted by Crippen LogP contribution is -2.34. The maximum Gasteiger partial charge on any atom is 0.241 e. The van der Waals surface area contributed by atoms with Crippen LogP contribution in [-0.2, 0) is 21.2 Å². The van der Waals surface area contributed by atoms with Crippen molar-refractivity contribution in [1.29, 1.82) is 0 Å². The van der Waals surface area contributed by atoms with Crippen LogP contribution >= 0.6 is 11.3 Å². The van der Waals surface area contributed by atoms with Gasteiger partial charge in [-0.25, -0.2) is 17.8 Å². The number of nitrogens with zero attached hydrogens (tertiary/aromatic N) is 2. The topological polar surface area (TPSA) is 79.4 Å². The molecule has 0 fully saturated rings. The molecule has 24 heavy (non-hydrogen) atoms. The molecule has 0 aliphatic heterocycles. The number of halogens is 1. The van der Waals surface area contributed by atoms with Crippen molar-refractivity contribution in [1.82, 2.24) is 9.29 Å². The van der Waals surface area contributed by atoms with Crippen LogP contribution in [-0.4, -0.2) is 43.5 Å². The number of hydrogen-bond acceptors (Lipinski definition) is 5. The van der Waals surface area contributed by atoms with E-state index < -0.39 is 15.9 Å². The summed E-state index contributed by atoms with van der Waals surface area (Å²) in [5, 5.41) is 2.94. The molecule has 0 saturated heterocycles. The van der Waals surface area contributed by atoms with Crippen molar-refractivity contribution in [2.75, 3.05) is 25.2 Å². The highest BCUT2D eigenvalue weighted by Gasteiger charge is 2.17. The highest BCUT2D eigenvalue weighted by molar-refractivity contribution is 7.88. The van der Waals surface area contributed by atoms with Gasteiger partial charge in [0.1, 0.15) is 5.82 Å². The van der Waals surface area contributed by atoms with Crippen molar-refractivity contribution in [3.63, 3.8) is 0 Å². The number of likely N-dealkylation sites (N-methyl/N-ethyl adjacent to an activating group) is 1. The van der Waals surface area contributed by atoms with Crippen LogP contribution in [0, 0.1) is 12.7 Å². The smallest absolute Gasteiger partial charge is 0.241 e. The van der Waals surface area contributed by atoms with Gasteiger partial charge >= 0.3 is 0 Å². The van der Waals surface area contributed by atoms with Gasteiger partial charge in [0.05, 0.1) is 18.5 Å². The molecule has 0 saturated carbocycles. The number of aryl methyl sites for hydroxylation is 1. The minimum absolute atomic E-state index is 0.286. The third-order valence-electron chi connectivity index (χ3n) is 3.38. The molecule has 0 radical (unpaired) electrons. The Morgan fingerprint density at radius 3 is 2.67 bits per heavy atom. The number of carbonyl (C=O) groups is 1. The predicted octanol–water partition coefficient (Wildman–Crippen LogP) is 2.01. The van der Waals surface area contributed by atoms with Gasteiger partial charge in [0.25, 0.3) is 0 Å². The number of benzene rings is 1. The number of amides is 1. The van der Waals surface area contributed by atoms with E-state index in [2.05, 4.69) is 10.3 Å². The van der Waals surface area contributed by atoms with Gasteiger partial charge in [-0.05, 0) is 18.6 Å². The third kappa shape index (κ3) is 4.83. The molecule has 9 heteroatoms. The number of rotatable bonds is 6. The van der Waals surface area contributed by atoms with Gasteiger partial charge in [0.15, 0.2) is 5.13 Å². The maximum absolute atomic E-state index is 13.7. The van der Waals surface area contributed by atoms with Gasteiger partial charge in [-0.3, -0.25) is 4.79 Å². The summed E-state index contributed by atoms with van der Waals surface area (Å²) >= 11 is 1.25. The lowest BCUT2D eigenvalue weighted by Gasteiger charge is -2.12. The van der Waals surface area contributed by atoms with Crippen LogP contribution in [0.3, 0.4) is 0 Å². The van der Waals surface area contributed by atoms with E-state index in [1.807, 2.05) is 0 Å². The number of anilines is 1. The zero-order valence-electron chi connectivity index (χ0n) is 13.5. The van der Waals surface area contributed by atoms with E-state index in [1.54, 1.807) is 25.1 Å². The summed E-state index contributed by atoms with van der Waals surface area (Å²) in [4.78, 5) is 17.0. The first kappa shape index (κ1) is 18.5. The van der Waals surface area contributed by atoms with Gasteiger partial charge in [-0.2, -0.15) is 4.31 Å². The largest absolute Gasteiger partial charge is 0.301 e. The molecule has 1 aromatic carbocycles. The highest BCUT2D eigenvalue weighted by Crippen LogP contribution is 2.26. The van der Waals surface area contributed by atoms with E-state index in [1.165, 1.54) is 24.5 Å². The standard InChI is InChI=1S/C15H18FN3O3S2/c1-10-13(8-11-6-4-5-7-12(11)16)23-15(17-10)18-14(20)9-19(2)24(3,21)22/h4-7H,8-9H2,1-3H3,(H,17,18,20). The first-order valence-corrected chi connectivity index (χ1v) is 9.74. The lowest BCUT2D eigenvalue weighted by molar-refractivity contribution is -0.116. The number of sulfonamides is 1. The monoisotopic (exact) mass is 371 g/mol. The van der Waals surface area contributed by atoms with Gasteiger partial charge in [-0.15, -0.1) is 11.3 Å². The molecular formula is C15H18FN3O3S2. The number of nitrogens with one attached hydrogen (secondary N) is 1. The van der Waals surface area contributed by atoms with Crippen LogP contribution in [0.4, 0.5) is 9.52 Å². The third-order valence-corrected chi connectivity index (χ3v) is 5.71. The van der Waals surface area contributed by atoms with Crippen LogP contribution in [0.2, 0.25) is 0 Å². The van der Waals surface area contributed by atoms with Crippen molar-refractivity contribution < 1.29 is 17.6 Å². The fourth-order valence-electron chi connectivity index (χ4n) is 1.94. The fraction of sp³-hybridized carbons (Fsp3) is 0.333. The quantitative estimate of drug-likeness (QED) is 0.842. The second kappa shape index (κ2) is 7.37. The number of aromatic nitrogens is 1. The Morgan fingerprint density at radius 2 is 2.04 bits per heavy atom. The molecule has 0 aliphatic carbocycles. The maximum atomic E-state index is 13.7. The highest BCUT2D eigenvalue weighted by atomic mass is 32.2. The van der Waals surface area contributed by atoms with Gasteiger partial charge in [0, 0.05) is 18.3 Å². The van der Waals surface area contributed by atoms with Crippen LogP contribution in [0.15, 0.2) is 24.3 Å². The second-order valence-corrected chi connectivity index (χ2v) is 8.54. The zero-order valence-corrected chi connectivity index (χ0v) is 15.2. The molecule has 1 N–H and O–H groups in total. The van der Waals surface area contributed by atoms with Crippen LogP contribution in [0.5, 0.6) is 0 Å². The zero-order chi connectivity index (χ0) is 17.9. The average Bonchev–Trinajstić information content (AvgIpc) is 2.80. The Balaban J connectivity index is 2.06. The number of hydrogen-bond donors (Lipinski definition) is 1. The van der Waals surface area contributed by atoms with Gasteiger partial charge in [0.2, 0.25) is 15.9 Å². The van der Waals surface area contributed by atoms with Crippen LogP contribution in [0.25, 0.3) is 0 Å². The summed E-state index contributed by atoms with van der Waals surface area (Å²) in [6.45, 7) is 1.49. The Bertz CT molecular complexity index is 849. The first-order valence-electron chi connectivity index (χ1n) is 7.07. The van der Waals surface area contributed by atoms with E-state index in [0.717, 1.165) is 15.4 Å². The van der Waals surface area contributed by atoms with Gasteiger partial charge in [-0.1, -0.05) is 18.2 Å². The average molecular weight is 371 g/mol. The molecule has 2 aromatic rings. The van der Waals surface area contributed by atoms with E-state index in [4.69, 9.17) is 0 Å². The summed E-state index contributed by atoms with van der Waals surface area (Å²) in [5.74, 6) is -0.764. The van der Waals surface area contributed by atoms with Crippen molar-refractivity contribution in [2.24, 2.45) is 0 Å². The molecule has 2 rings (SSSR count). The van der Waals surface area contributed by atoms with Gasteiger partial charge < -0.3 is 5.32 Å². The van der Waals surface area contributed by atoms with Crippen molar-refractivity contribution in [3.05, 3.63) is 46.2 Å². The molecule has 130 valence electrons. The minimum Gasteiger partial charge on any atom is -0.301 e. The molecule has 0 spiro atoms. The molecule has 6 nitrogen and oxygen atoms in total. The summed E-state index contributed by atoms with van der Waals surface area (Å²) in [6.07, 6.45) is 1.41. The van der Waals surface area contributed by atoms with Crippen molar-refractivity contribution in [2.45, 2.75) is 13.3 Å². The Labute approximate surface area is 144 Å².